The number of imide groups is 2. The highest BCUT2D eigenvalue weighted by atomic mass is 35.5. The van der Waals surface area contributed by atoms with Gasteiger partial charge in [-0.15, -0.1) is 23.2 Å². The molecule has 1 aliphatic carbocycles. The lowest BCUT2D eigenvalue weighted by Gasteiger charge is -2.48. The van der Waals surface area contributed by atoms with Crippen LogP contribution < -0.4 is 31.1 Å². The molecule has 5 aliphatic heterocycles. The molecule has 4 fully saturated rings. The van der Waals surface area contributed by atoms with Gasteiger partial charge in [0.1, 0.15) is 6.10 Å². The third kappa shape index (κ3) is 40.6. The molecule has 0 radical (unpaired) electrons. The van der Waals surface area contributed by atoms with Crippen LogP contribution in [0.3, 0.4) is 0 Å². The first kappa shape index (κ1) is 117. The van der Waals surface area contributed by atoms with Crippen molar-refractivity contribution in [1.82, 2.24) is 40.1 Å². The summed E-state index contributed by atoms with van der Waals surface area (Å²) in [5, 5.41) is 62.0. The number of alkyl halides is 2. The van der Waals surface area contributed by atoms with E-state index in [1.54, 1.807) is 54.6 Å². The molecule has 13 N–H and O–H groups in total. The summed E-state index contributed by atoms with van der Waals surface area (Å²) in [6.07, 6.45) is -4.76. The quantitative estimate of drug-likeness (QED) is 0.0141. The Morgan fingerprint density at radius 3 is 1.26 bits per heavy atom. The number of aliphatic hydroxyl groups excluding tert-OH is 4. The minimum atomic E-state index is -3.82. The number of carbonyl (C=O) groups is 8. The Morgan fingerprint density at radius 1 is 0.453 bits per heavy atom. The SMILES string of the molecule is CN1Cc2c(Cl)cc(Cl)cc2C(c2cccc(S(=O)(=O)NCCOCCOCCOCCN)c2)C1.CN1Cc2c(Cl)cc(Cl)cc2C(c2cccc(S(=O)(=O)NCCOCCOCCOCCNC(=O)C(O)C(O)C(=O)CCCOCCOCCOCCCS(=O)(=O)c3cccc(C4CN(C)CC5C(Cl)CC(Cl)CC45)c3)c2)C1.O=C(O)C(O)C(O)C(=O)O.O=C1CCC(=O)N1.O=C1CCC(=O)N1. The minimum Gasteiger partial charge on any atom is -0.479 e. The highest BCUT2D eigenvalue weighted by Gasteiger charge is 2.45. The first-order valence-corrected chi connectivity index (χ1v) is 51.6. The molecule has 38 nitrogen and oxygen atoms in total. The summed E-state index contributed by atoms with van der Waals surface area (Å²) in [6, 6.07) is 28.4. The number of carbonyl (C=O) groups excluding carboxylic acids is 6. The van der Waals surface area contributed by atoms with E-state index in [-0.39, 0.29) is 186 Å². The average molecular weight is 2110 g/mol. The second kappa shape index (κ2) is 60.7. The number of amides is 5. The van der Waals surface area contributed by atoms with E-state index >= 15 is 0 Å². The molecular weight excluding hydrogens is 1980 g/mol. The molecule has 5 amide bonds. The fourth-order valence-electron chi connectivity index (χ4n) is 15.5. The van der Waals surface area contributed by atoms with Gasteiger partial charge < -0.3 is 99.0 Å². The molecule has 11 unspecified atom stereocenters. The van der Waals surface area contributed by atoms with E-state index in [4.69, 9.17) is 138 Å². The van der Waals surface area contributed by atoms with E-state index in [0.29, 0.717) is 128 Å². The molecule has 0 aromatic heterocycles. The Kier molecular flexibility index (Phi) is 51.9. The number of aliphatic hydroxyl groups is 4. The number of ketones is 1. The van der Waals surface area contributed by atoms with E-state index in [0.717, 1.165) is 71.4 Å². The van der Waals surface area contributed by atoms with Gasteiger partial charge in [-0.05, 0) is 164 Å². The summed E-state index contributed by atoms with van der Waals surface area (Å²) in [6.45, 7) is 10.4. The molecular formula is C90H125Cl6N9O29S3. The fourth-order valence-corrected chi connectivity index (χ4v) is 21.1. The number of nitrogens with zero attached hydrogens (tertiary/aromatic N) is 3. The smallest absolute Gasteiger partial charge is 0.335 e. The maximum Gasteiger partial charge on any atom is 0.335 e. The molecule has 5 heterocycles. The second-order valence-electron chi connectivity index (χ2n) is 32.9. The standard InChI is InChI=1S/C54H76Cl4N4O14S2.C24H33Cl2N3O5S.2C4H5NO2.C4H6O6/c1-61-33-45(43-29-39(55)31-49(57)47(43)35-61)37-7-3-9-41(27-37)77(67,68)26-6-15-72-19-23-75-22-18-71-14-5-11-51(63)52(64)53(65)54(66)59-12-16-73-20-24-76-25-21-74-17-13-60-78(69,70)42-10-4-8-38(28-42)46-34-62(2)36-48-44(46)30-40(56)32-50(48)58;1-29-16-22(21-14-19(25)15-24(26)23(21)17-29)18-3-2-4-20(13-18)35(30,31)28-6-8-33-10-12-34-11-9-32-7-5-27;2*6-3-1-2-4(7)5-3;5-1(3(7)8)2(6)4(9)10/h3-4,7-10,27-28,30,32,39,43,45-47,49,52-53,60,64-65H,5-6,11-26,29,31,33-36H2,1-2H3,(H,59,66);2-4,13-15,22,28H,5-12,16-17,27H2,1H3;2*1-2H2,(H,5,6,7);1-2,5-6H,(H,7,8)(H,9,10). The topological polar surface area (TPSA) is 539 Å². The number of aliphatic carboxylic acids is 2. The van der Waals surface area contributed by atoms with Crippen molar-refractivity contribution in [2.45, 2.75) is 138 Å². The van der Waals surface area contributed by atoms with E-state index < -0.39 is 77.9 Å². The number of ether oxygens (including phenoxy) is 9. The van der Waals surface area contributed by atoms with Crippen molar-refractivity contribution in [1.29, 1.82) is 0 Å². The maximum atomic E-state index is 13.3. The monoisotopic (exact) mass is 2100 g/mol. The van der Waals surface area contributed by atoms with Crippen LogP contribution in [0.15, 0.2) is 112 Å². The molecule has 0 spiro atoms. The number of benzene rings is 5. The molecule has 11 rings (SSSR count). The number of piperidine rings is 1. The number of hydrogen-bond donors (Lipinski definition) is 12. The maximum absolute atomic E-state index is 13.3. The van der Waals surface area contributed by atoms with Crippen molar-refractivity contribution in [3.05, 3.63) is 156 Å². The van der Waals surface area contributed by atoms with Crippen LogP contribution in [0, 0.1) is 11.8 Å². The zero-order chi connectivity index (χ0) is 100. The number of sulfonamides is 2. The molecule has 3 saturated heterocycles. The number of carboxylic acid groups (broad SMARTS) is 2. The summed E-state index contributed by atoms with van der Waals surface area (Å²) in [7, 11) is -4.94. The molecule has 11 atom stereocenters. The van der Waals surface area contributed by atoms with E-state index in [9.17, 15) is 73.8 Å². The normalized spacial score (nSPS) is 19.9. The molecule has 5 aromatic carbocycles. The molecule has 764 valence electrons. The number of nitrogens with one attached hydrogen (secondary N) is 5. The van der Waals surface area contributed by atoms with Crippen LogP contribution in [-0.4, -0.2) is 351 Å². The van der Waals surface area contributed by atoms with Crippen molar-refractivity contribution < 1.29 is 137 Å². The molecule has 6 aliphatic rings. The molecule has 47 heteroatoms. The van der Waals surface area contributed by atoms with Crippen LogP contribution in [-0.2, 0) is 124 Å². The number of Topliss-reactive ketones (excluding diaryl/α,β-unsaturated/α-hetero) is 1. The lowest BCUT2D eigenvalue weighted by molar-refractivity contribution is -0.165. The van der Waals surface area contributed by atoms with Crippen LogP contribution in [0.5, 0.6) is 0 Å². The summed E-state index contributed by atoms with van der Waals surface area (Å²) >= 11 is 38.9. The van der Waals surface area contributed by atoms with Gasteiger partial charge in [-0.3, -0.25) is 39.4 Å². The van der Waals surface area contributed by atoms with Crippen LogP contribution in [0.1, 0.15) is 114 Å². The predicted octanol–water partition coefficient (Wildman–Crippen LogP) is 4.85. The highest BCUT2D eigenvalue weighted by molar-refractivity contribution is 7.91. The van der Waals surface area contributed by atoms with E-state index in [2.05, 4.69) is 47.1 Å². The molecule has 137 heavy (non-hydrogen) atoms. The third-order valence-electron chi connectivity index (χ3n) is 22.3. The Morgan fingerprint density at radius 2 is 0.839 bits per heavy atom. The van der Waals surface area contributed by atoms with Crippen molar-refractivity contribution in [2.24, 2.45) is 17.6 Å². The number of likely N-dealkylation sites (N-methyl/N-ethyl adjacent to an activating group) is 3. The van der Waals surface area contributed by atoms with Gasteiger partial charge in [-0.25, -0.2) is 44.3 Å². The molecule has 1 saturated carbocycles. The second-order valence-corrected chi connectivity index (χ2v) is 41.4. The average Bonchev–Trinajstić information content (AvgIpc) is 1.21. The van der Waals surface area contributed by atoms with Gasteiger partial charge in [-0.2, -0.15) is 0 Å². The lowest BCUT2D eigenvalue weighted by atomic mass is 9.67. The predicted molar refractivity (Wildman–Crippen MR) is 509 cm³/mol. The first-order valence-electron chi connectivity index (χ1n) is 44.5. The zero-order valence-electron chi connectivity index (χ0n) is 76.4. The van der Waals surface area contributed by atoms with Crippen molar-refractivity contribution in [3.63, 3.8) is 0 Å². The van der Waals surface area contributed by atoms with E-state index in [1.807, 2.05) is 56.6 Å². The summed E-state index contributed by atoms with van der Waals surface area (Å²) in [5.74, 6) is -5.17. The van der Waals surface area contributed by atoms with Crippen LogP contribution >= 0.6 is 69.6 Å². The van der Waals surface area contributed by atoms with Crippen molar-refractivity contribution >= 4 is 147 Å². The Bertz CT molecular complexity index is 5010. The number of rotatable bonds is 51. The number of likely N-dealkylation sites (tertiary alicyclic amines) is 1. The number of sulfone groups is 1. The molecule has 0 bridgehead atoms. The first-order chi connectivity index (χ1) is 65.2. The van der Waals surface area contributed by atoms with E-state index in [1.165, 1.54) is 0 Å². The van der Waals surface area contributed by atoms with Crippen LogP contribution in [0.4, 0.5) is 0 Å². The van der Waals surface area contributed by atoms with Gasteiger partial charge in [-0.1, -0.05) is 82.8 Å². The summed E-state index contributed by atoms with van der Waals surface area (Å²) in [4.78, 5) is 92.0. The van der Waals surface area contributed by atoms with Gasteiger partial charge >= 0.3 is 11.9 Å². The summed E-state index contributed by atoms with van der Waals surface area (Å²) in [5.41, 5.74) is 12.1. The van der Waals surface area contributed by atoms with Gasteiger partial charge in [0, 0.05) is 153 Å². The van der Waals surface area contributed by atoms with Gasteiger partial charge in [0.15, 0.2) is 33.9 Å². The van der Waals surface area contributed by atoms with Gasteiger partial charge in [0.2, 0.25) is 43.7 Å². The number of halogens is 6. The number of fused-ring (bicyclic) bond motifs is 3. The third-order valence-corrected chi connectivity index (χ3v) is 29.0. The Hall–Kier alpha value is -6.71. The summed E-state index contributed by atoms with van der Waals surface area (Å²) < 4.78 is 133. The lowest BCUT2D eigenvalue weighted by Crippen LogP contribution is -2.50. The zero-order valence-corrected chi connectivity index (χ0v) is 83.4. The Labute approximate surface area is 828 Å². The van der Waals surface area contributed by atoms with Gasteiger partial charge in [0.25, 0.3) is 5.91 Å². The minimum absolute atomic E-state index is 0.00472. The van der Waals surface area contributed by atoms with Crippen molar-refractivity contribution in [3.8, 4) is 0 Å². The van der Waals surface area contributed by atoms with Crippen LogP contribution in [0.25, 0.3) is 0 Å². The largest absolute Gasteiger partial charge is 0.479 e. The van der Waals surface area contributed by atoms with Crippen LogP contribution in [0.2, 0.25) is 20.1 Å². The fraction of sp³-hybridized carbons (Fsp3) is 0.578. The van der Waals surface area contributed by atoms with Gasteiger partial charge in [0.05, 0.1) is 126 Å². The highest BCUT2D eigenvalue weighted by Crippen LogP contribution is 2.48. The number of nitrogens with two attached hydrogens (primary N) is 1. The molecule has 5 aromatic rings. The number of carboxylic acids is 2. The number of hydrogen-bond acceptors (Lipinski definition) is 31. The van der Waals surface area contributed by atoms with Crippen molar-refractivity contribution in [2.75, 3.05) is 198 Å². The Balaban J connectivity index is 0.000000348.